The maximum absolute atomic E-state index is 13.5. The minimum Gasteiger partial charge on any atom is -0.491 e. The van der Waals surface area contributed by atoms with E-state index in [1.54, 1.807) is 4.90 Å². The molecule has 2 amide bonds. The first-order valence-corrected chi connectivity index (χ1v) is 12.5. The van der Waals surface area contributed by atoms with Crippen molar-refractivity contribution >= 4 is 11.8 Å². The topological polar surface area (TPSA) is 56.3 Å². The smallest absolute Gasteiger partial charge is 0.257 e. The summed E-state index contributed by atoms with van der Waals surface area (Å²) in [5.74, 6) is 1.24. The van der Waals surface area contributed by atoms with Gasteiger partial charge in [-0.25, -0.2) is 0 Å². The Bertz CT molecular complexity index is 777. The standard InChI is InChI=1S/C26H42N4O3/c1-21(2)18-22-20-33-24-11-7-6-10-23(24)26(32)28(4)12-8-5-9-13-30(22)25(31)19-29-16-14-27(3)15-17-29/h6-7,10-11,21-22H,5,8-9,12-20H2,1-4H3/t22-/m0/s1. The van der Waals surface area contributed by atoms with Crippen molar-refractivity contribution in [2.75, 3.05) is 66.5 Å². The molecule has 3 rings (SSSR count). The summed E-state index contributed by atoms with van der Waals surface area (Å²) < 4.78 is 6.26. The minimum atomic E-state index is -0.00777. The van der Waals surface area contributed by atoms with E-state index in [1.807, 2.05) is 31.3 Å². The molecule has 0 unspecified atom stereocenters. The first-order valence-electron chi connectivity index (χ1n) is 12.5. The summed E-state index contributed by atoms with van der Waals surface area (Å²) in [5.41, 5.74) is 0.595. The van der Waals surface area contributed by atoms with E-state index < -0.39 is 0 Å². The molecule has 0 aromatic heterocycles. The van der Waals surface area contributed by atoms with Crippen LogP contribution >= 0.6 is 0 Å². The van der Waals surface area contributed by atoms with Crippen molar-refractivity contribution in [3.63, 3.8) is 0 Å². The van der Waals surface area contributed by atoms with E-state index in [0.717, 1.165) is 58.4 Å². The van der Waals surface area contributed by atoms with Crippen LogP contribution in [-0.2, 0) is 4.79 Å². The van der Waals surface area contributed by atoms with Crippen molar-refractivity contribution in [1.29, 1.82) is 0 Å². The normalized spacial score (nSPS) is 22.2. The zero-order valence-electron chi connectivity index (χ0n) is 21.0. The molecule has 7 heteroatoms. The molecule has 184 valence electrons. The van der Waals surface area contributed by atoms with Gasteiger partial charge in [0.1, 0.15) is 12.4 Å². The Morgan fingerprint density at radius 2 is 1.70 bits per heavy atom. The van der Waals surface area contributed by atoms with Crippen LogP contribution in [0.15, 0.2) is 24.3 Å². The number of rotatable bonds is 4. The van der Waals surface area contributed by atoms with Gasteiger partial charge in [-0.15, -0.1) is 0 Å². The van der Waals surface area contributed by atoms with Gasteiger partial charge in [-0.3, -0.25) is 14.5 Å². The van der Waals surface area contributed by atoms with Crippen LogP contribution in [0, 0.1) is 5.92 Å². The molecule has 1 aromatic carbocycles. The van der Waals surface area contributed by atoms with E-state index in [9.17, 15) is 9.59 Å². The van der Waals surface area contributed by atoms with E-state index in [2.05, 4.69) is 35.6 Å². The lowest BCUT2D eigenvalue weighted by molar-refractivity contribution is -0.136. The molecular formula is C26H42N4O3. The van der Waals surface area contributed by atoms with Gasteiger partial charge in [-0.1, -0.05) is 26.0 Å². The summed E-state index contributed by atoms with van der Waals surface area (Å²) in [5, 5.41) is 0. The highest BCUT2D eigenvalue weighted by Crippen LogP contribution is 2.23. The van der Waals surface area contributed by atoms with Gasteiger partial charge in [-0.2, -0.15) is 0 Å². The zero-order valence-corrected chi connectivity index (χ0v) is 21.0. The SMILES string of the molecule is CC(C)C[C@H]1COc2ccccc2C(=O)N(C)CCCCCN1C(=O)CN1CCN(C)CC1. The van der Waals surface area contributed by atoms with Gasteiger partial charge >= 0.3 is 0 Å². The second kappa shape index (κ2) is 12.4. The molecule has 0 saturated carbocycles. The number of benzene rings is 1. The van der Waals surface area contributed by atoms with Gasteiger partial charge in [0, 0.05) is 46.3 Å². The number of hydrogen-bond acceptors (Lipinski definition) is 5. The van der Waals surface area contributed by atoms with Crippen molar-refractivity contribution in [2.45, 2.75) is 45.6 Å². The van der Waals surface area contributed by atoms with Crippen molar-refractivity contribution in [3.8, 4) is 5.75 Å². The lowest BCUT2D eigenvalue weighted by atomic mass is 10.0. The third-order valence-electron chi connectivity index (χ3n) is 6.75. The zero-order chi connectivity index (χ0) is 23.8. The molecule has 1 atom stereocenters. The van der Waals surface area contributed by atoms with Crippen LogP contribution in [0.4, 0.5) is 0 Å². The molecule has 0 aliphatic carbocycles. The summed E-state index contributed by atoms with van der Waals surface area (Å²) in [7, 11) is 3.99. The fourth-order valence-electron chi connectivity index (χ4n) is 4.70. The number of para-hydroxylation sites is 1. The number of ether oxygens (including phenoxy) is 1. The number of likely N-dealkylation sites (N-methyl/N-ethyl adjacent to an activating group) is 1. The first-order chi connectivity index (χ1) is 15.8. The van der Waals surface area contributed by atoms with Gasteiger partial charge in [0.05, 0.1) is 18.2 Å². The van der Waals surface area contributed by atoms with Gasteiger partial charge in [0.2, 0.25) is 5.91 Å². The van der Waals surface area contributed by atoms with Crippen LogP contribution in [0.3, 0.4) is 0 Å². The molecule has 2 heterocycles. The maximum Gasteiger partial charge on any atom is 0.257 e. The van der Waals surface area contributed by atoms with Crippen LogP contribution in [0.5, 0.6) is 5.75 Å². The van der Waals surface area contributed by atoms with Crippen molar-refractivity contribution in [3.05, 3.63) is 29.8 Å². The molecule has 1 fully saturated rings. The largest absolute Gasteiger partial charge is 0.491 e. The fourth-order valence-corrected chi connectivity index (χ4v) is 4.70. The van der Waals surface area contributed by atoms with E-state index in [-0.39, 0.29) is 17.9 Å². The summed E-state index contributed by atoms with van der Waals surface area (Å²) in [4.78, 5) is 35.0. The van der Waals surface area contributed by atoms with Gasteiger partial charge in [0.25, 0.3) is 5.91 Å². The van der Waals surface area contributed by atoms with Gasteiger partial charge in [-0.05, 0) is 50.8 Å². The Kier molecular flexibility index (Phi) is 9.56. The highest BCUT2D eigenvalue weighted by atomic mass is 16.5. The summed E-state index contributed by atoms with van der Waals surface area (Å²) in [6.45, 7) is 10.6. The molecule has 1 saturated heterocycles. The molecule has 0 radical (unpaired) electrons. The average Bonchev–Trinajstić information content (AvgIpc) is 2.80. The molecule has 0 bridgehead atoms. The number of amides is 2. The lowest BCUT2D eigenvalue weighted by Gasteiger charge is -2.37. The number of carbonyl (C=O) groups excluding carboxylic acids is 2. The second-order valence-corrected chi connectivity index (χ2v) is 10.0. The number of nitrogens with zero attached hydrogens (tertiary/aromatic N) is 4. The van der Waals surface area contributed by atoms with Crippen molar-refractivity contribution < 1.29 is 14.3 Å². The Morgan fingerprint density at radius 1 is 1.00 bits per heavy atom. The van der Waals surface area contributed by atoms with Crippen LogP contribution < -0.4 is 4.74 Å². The predicted molar refractivity (Wildman–Crippen MR) is 132 cm³/mol. The number of carbonyl (C=O) groups is 2. The molecule has 1 aromatic rings. The summed E-state index contributed by atoms with van der Waals surface area (Å²) >= 11 is 0. The molecule has 0 N–H and O–H groups in total. The molecular weight excluding hydrogens is 416 g/mol. The predicted octanol–water partition coefficient (Wildman–Crippen LogP) is 2.81. The Hall–Kier alpha value is -2.12. The van der Waals surface area contributed by atoms with Gasteiger partial charge < -0.3 is 19.4 Å². The third kappa shape index (κ3) is 7.44. The second-order valence-electron chi connectivity index (χ2n) is 10.0. The number of piperazine rings is 1. The fraction of sp³-hybridized carbons (Fsp3) is 0.692. The minimum absolute atomic E-state index is 0.00624. The van der Waals surface area contributed by atoms with E-state index in [4.69, 9.17) is 4.74 Å². The van der Waals surface area contributed by atoms with Crippen LogP contribution in [0.25, 0.3) is 0 Å². The quantitative estimate of drug-likeness (QED) is 0.695. The molecule has 7 nitrogen and oxygen atoms in total. The van der Waals surface area contributed by atoms with Crippen LogP contribution in [0.2, 0.25) is 0 Å². The summed E-state index contributed by atoms with van der Waals surface area (Å²) in [6.07, 6.45) is 3.75. The molecule has 2 aliphatic heterocycles. The van der Waals surface area contributed by atoms with E-state index in [0.29, 0.717) is 36.9 Å². The maximum atomic E-state index is 13.5. The highest BCUT2D eigenvalue weighted by Gasteiger charge is 2.28. The molecule has 33 heavy (non-hydrogen) atoms. The van der Waals surface area contributed by atoms with Crippen LogP contribution in [-0.4, -0.2) is 104 Å². The molecule has 2 aliphatic rings. The van der Waals surface area contributed by atoms with Crippen LogP contribution in [0.1, 0.15) is 49.9 Å². The Balaban J connectivity index is 1.80. The average molecular weight is 459 g/mol. The Morgan fingerprint density at radius 3 is 2.42 bits per heavy atom. The number of hydrogen-bond donors (Lipinski definition) is 0. The Labute approximate surface area is 199 Å². The summed E-state index contributed by atoms with van der Waals surface area (Å²) in [6, 6.07) is 7.47. The first kappa shape index (κ1) is 25.5. The van der Waals surface area contributed by atoms with Crippen molar-refractivity contribution in [2.24, 2.45) is 5.92 Å². The third-order valence-corrected chi connectivity index (χ3v) is 6.75. The van der Waals surface area contributed by atoms with Crippen molar-refractivity contribution in [1.82, 2.24) is 19.6 Å². The molecule has 0 spiro atoms. The van der Waals surface area contributed by atoms with E-state index in [1.165, 1.54) is 0 Å². The monoisotopic (exact) mass is 458 g/mol. The number of fused-ring (bicyclic) bond motifs is 1. The highest BCUT2D eigenvalue weighted by molar-refractivity contribution is 5.96. The van der Waals surface area contributed by atoms with E-state index >= 15 is 0 Å². The van der Waals surface area contributed by atoms with Gasteiger partial charge in [0.15, 0.2) is 0 Å². The lowest BCUT2D eigenvalue weighted by Crippen LogP contribution is -2.52.